The lowest BCUT2D eigenvalue weighted by molar-refractivity contribution is 0.0513. The van der Waals surface area contributed by atoms with Crippen LogP contribution in [0.4, 0.5) is 4.39 Å². The SMILES string of the molecule is CCOC(=O)c1nc(Cl)ccc1F. The van der Waals surface area contributed by atoms with Gasteiger partial charge in [0.25, 0.3) is 0 Å². The molecule has 1 aromatic heterocycles. The number of esters is 1. The number of hydrogen-bond donors (Lipinski definition) is 0. The summed E-state index contributed by atoms with van der Waals surface area (Å²) in [5, 5.41) is 0.0597. The van der Waals surface area contributed by atoms with Gasteiger partial charge in [0.1, 0.15) is 5.15 Å². The van der Waals surface area contributed by atoms with E-state index >= 15 is 0 Å². The van der Waals surface area contributed by atoms with Crippen LogP contribution in [0, 0.1) is 5.82 Å². The summed E-state index contributed by atoms with van der Waals surface area (Å²) >= 11 is 5.48. The molecule has 1 aromatic rings. The van der Waals surface area contributed by atoms with Crippen molar-refractivity contribution in [3.8, 4) is 0 Å². The van der Waals surface area contributed by atoms with E-state index in [2.05, 4.69) is 9.72 Å². The van der Waals surface area contributed by atoms with Crippen molar-refractivity contribution < 1.29 is 13.9 Å². The zero-order valence-electron chi connectivity index (χ0n) is 6.88. The molecule has 1 rings (SSSR count). The van der Waals surface area contributed by atoms with Crippen LogP contribution in [0.3, 0.4) is 0 Å². The number of pyridine rings is 1. The van der Waals surface area contributed by atoms with Crippen LogP contribution in [-0.2, 0) is 4.74 Å². The van der Waals surface area contributed by atoms with E-state index in [4.69, 9.17) is 11.6 Å². The molecule has 0 aliphatic carbocycles. The summed E-state index contributed by atoms with van der Waals surface area (Å²) < 4.78 is 17.5. The molecule has 0 aliphatic heterocycles. The van der Waals surface area contributed by atoms with E-state index in [0.29, 0.717) is 0 Å². The fourth-order valence-electron chi connectivity index (χ4n) is 0.761. The second-order valence-electron chi connectivity index (χ2n) is 2.18. The van der Waals surface area contributed by atoms with Crippen molar-refractivity contribution in [2.24, 2.45) is 0 Å². The van der Waals surface area contributed by atoms with Gasteiger partial charge < -0.3 is 4.74 Å². The number of aromatic nitrogens is 1. The molecule has 13 heavy (non-hydrogen) atoms. The largest absolute Gasteiger partial charge is 0.461 e. The van der Waals surface area contributed by atoms with Crippen LogP contribution < -0.4 is 0 Å². The first kappa shape index (κ1) is 9.92. The van der Waals surface area contributed by atoms with E-state index in [0.717, 1.165) is 6.07 Å². The highest BCUT2D eigenvalue weighted by Crippen LogP contribution is 2.10. The van der Waals surface area contributed by atoms with Crippen LogP contribution in [0.25, 0.3) is 0 Å². The predicted molar refractivity (Wildman–Crippen MR) is 45.2 cm³/mol. The smallest absolute Gasteiger partial charge is 0.360 e. The lowest BCUT2D eigenvalue weighted by Crippen LogP contribution is -2.09. The first-order valence-electron chi connectivity index (χ1n) is 3.64. The van der Waals surface area contributed by atoms with E-state index in [9.17, 15) is 9.18 Å². The van der Waals surface area contributed by atoms with Crippen molar-refractivity contribution in [2.75, 3.05) is 6.61 Å². The molecule has 0 unspecified atom stereocenters. The third-order valence-electron chi connectivity index (χ3n) is 1.28. The van der Waals surface area contributed by atoms with E-state index in [-0.39, 0.29) is 17.5 Å². The normalized spacial score (nSPS) is 9.77. The molecule has 0 radical (unpaired) electrons. The van der Waals surface area contributed by atoms with Crippen molar-refractivity contribution in [3.05, 3.63) is 28.8 Å². The van der Waals surface area contributed by atoms with E-state index in [1.54, 1.807) is 6.92 Å². The Balaban J connectivity index is 2.99. The summed E-state index contributed by atoms with van der Waals surface area (Å²) in [6.07, 6.45) is 0. The lowest BCUT2D eigenvalue weighted by Gasteiger charge is -2.01. The maximum absolute atomic E-state index is 12.9. The van der Waals surface area contributed by atoms with Gasteiger partial charge in [-0.3, -0.25) is 0 Å². The van der Waals surface area contributed by atoms with Crippen molar-refractivity contribution in [2.45, 2.75) is 6.92 Å². The topological polar surface area (TPSA) is 39.2 Å². The number of hydrogen-bond acceptors (Lipinski definition) is 3. The molecule has 0 N–H and O–H groups in total. The molecule has 0 amide bonds. The predicted octanol–water partition coefficient (Wildman–Crippen LogP) is 2.05. The molecular formula is C8H7ClFNO2. The Morgan fingerprint density at radius 1 is 1.69 bits per heavy atom. The van der Waals surface area contributed by atoms with Gasteiger partial charge in [0.2, 0.25) is 0 Å². The third kappa shape index (κ3) is 2.39. The second kappa shape index (κ2) is 4.18. The summed E-state index contributed by atoms with van der Waals surface area (Å²) in [4.78, 5) is 14.5. The molecule has 3 nitrogen and oxygen atoms in total. The number of rotatable bonds is 2. The highest BCUT2D eigenvalue weighted by Gasteiger charge is 2.14. The molecule has 0 saturated heterocycles. The summed E-state index contributed by atoms with van der Waals surface area (Å²) in [6.45, 7) is 1.80. The fraction of sp³-hybridized carbons (Fsp3) is 0.250. The van der Waals surface area contributed by atoms with Crippen molar-refractivity contribution in [1.29, 1.82) is 0 Å². The summed E-state index contributed by atoms with van der Waals surface area (Å²) in [6, 6.07) is 2.33. The second-order valence-corrected chi connectivity index (χ2v) is 2.57. The molecule has 0 fully saturated rings. The van der Waals surface area contributed by atoms with Gasteiger partial charge >= 0.3 is 5.97 Å². The fourth-order valence-corrected chi connectivity index (χ4v) is 0.908. The van der Waals surface area contributed by atoms with Crippen LogP contribution >= 0.6 is 11.6 Å². The number of ether oxygens (including phenoxy) is 1. The Morgan fingerprint density at radius 2 is 2.38 bits per heavy atom. The molecule has 0 spiro atoms. The Kier molecular flexibility index (Phi) is 3.19. The zero-order valence-corrected chi connectivity index (χ0v) is 7.64. The first-order valence-corrected chi connectivity index (χ1v) is 4.02. The van der Waals surface area contributed by atoms with Crippen LogP contribution in [-0.4, -0.2) is 17.6 Å². The summed E-state index contributed by atoms with van der Waals surface area (Å²) in [5.74, 6) is -1.54. The molecular weight excluding hydrogens is 197 g/mol. The molecule has 0 atom stereocenters. The molecule has 1 heterocycles. The van der Waals surface area contributed by atoms with Gasteiger partial charge in [0, 0.05) is 0 Å². The average molecular weight is 204 g/mol. The van der Waals surface area contributed by atoms with Gasteiger partial charge in [0.05, 0.1) is 6.61 Å². The van der Waals surface area contributed by atoms with Gasteiger partial charge in [-0.25, -0.2) is 14.2 Å². The Hall–Kier alpha value is -1.16. The van der Waals surface area contributed by atoms with Gasteiger partial charge in [-0.1, -0.05) is 11.6 Å². The minimum Gasteiger partial charge on any atom is -0.461 e. The Morgan fingerprint density at radius 3 is 3.00 bits per heavy atom. The molecule has 0 saturated carbocycles. The minimum atomic E-state index is -0.803. The quantitative estimate of drug-likeness (QED) is 0.546. The highest BCUT2D eigenvalue weighted by atomic mass is 35.5. The van der Waals surface area contributed by atoms with Crippen LogP contribution in [0.2, 0.25) is 5.15 Å². The van der Waals surface area contributed by atoms with Crippen LogP contribution in [0.5, 0.6) is 0 Å². The van der Waals surface area contributed by atoms with Crippen molar-refractivity contribution in [3.63, 3.8) is 0 Å². The van der Waals surface area contributed by atoms with Crippen LogP contribution in [0.1, 0.15) is 17.4 Å². The molecule has 0 aliphatic rings. The molecule has 70 valence electrons. The number of nitrogens with zero attached hydrogens (tertiary/aromatic N) is 1. The highest BCUT2D eigenvalue weighted by molar-refractivity contribution is 6.29. The van der Waals surface area contributed by atoms with Crippen molar-refractivity contribution >= 4 is 17.6 Å². The first-order chi connectivity index (χ1) is 6.15. The van der Waals surface area contributed by atoms with Crippen molar-refractivity contribution in [1.82, 2.24) is 4.98 Å². The standard InChI is InChI=1S/C8H7ClFNO2/c1-2-13-8(12)7-5(10)3-4-6(9)11-7/h3-4H,2H2,1H3. The van der Waals surface area contributed by atoms with Gasteiger partial charge in [-0.15, -0.1) is 0 Å². The maximum atomic E-state index is 12.9. The zero-order chi connectivity index (χ0) is 9.84. The molecule has 5 heteroatoms. The number of carbonyl (C=O) groups is 1. The molecule has 0 aromatic carbocycles. The van der Waals surface area contributed by atoms with E-state index < -0.39 is 11.8 Å². The third-order valence-corrected chi connectivity index (χ3v) is 1.49. The Bertz CT molecular complexity index is 330. The summed E-state index contributed by atoms with van der Waals surface area (Å²) in [7, 11) is 0. The summed E-state index contributed by atoms with van der Waals surface area (Å²) in [5.41, 5.74) is -0.380. The number of carbonyl (C=O) groups excluding carboxylic acids is 1. The Labute approximate surface area is 79.5 Å². The lowest BCUT2D eigenvalue weighted by atomic mass is 10.3. The van der Waals surface area contributed by atoms with Gasteiger partial charge in [-0.05, 0) is 19.1 Å². The van der Waals surface area contributed by atoms with Gasteiger partial charge in [0.15, 0.2) is 11.5 Å². The molecule has 0 bridgehead atoms. The monoisotopic (exact) mass is 203 g/mol. The van der Waals surface area contributed by atoms with Gasteiger partial charge in [-0.2, -0.15) is 0 Å². The minimum absolute atomic E-state index is 0.0597. The number of halogens is 2. The maximum Gasteiger partial charge on any atom is 0.360 e. The van der Waals surface area contributed by atoms with E-state index in [1.807, 2.05) is 0 Å². The van der Waals surface area contributed by atoms with Crippen LogP contribution in [0.15, 0.2) is 12.1 Å². The average Bonchev–Trinajstić information content (AvgIpc) is 2.09. The van der Waals surface area contributed by atoms with E-state index in [1.165, 1.54) is 6.07 Å².